The maximum atomic E-state index is 12.1. The van der Waals surface area contributed by atoms with Crippen LogP contribution in [0.25, 0.3) is 0 Å². The molecule has 0 bridgehead atoms. The van der Waals surface area contributed by atoms with E-state index in [0.717, 1.165) is 11.3 Å². The molecule has 0 aliphatic rings. The van der Waals surface area contributed by atoms with Gasteiger partial charge in [-0.05, 0) is 35.7 Å². The van der Waals surface area contributed by atoms with E-state index in [2.05, 4.69) is 31.1 Å². The van der Waals surface area contributed by atoms with E-state index < -0.39 is 0 Å². The molecule has 0 unspecified atom stereocenters. The Bertz CT molecular complexity index is 957. The third-order valence-corrected chi connectivity index (χ3v) is 4.49. The van der Waals surface area contributed by atoms with Crippen LogP contribution in [0.15, 0.2) is 48.1 Å². The van der Waals surface area contributed by atoms with E-state index in [4.69, 9.17) is 0 Å². The molecule has 0 spiro atoms. The number of hydrogen-bond donors (Lipinski definition) is 3. The molecule has 0 radical (unpaired) electrons. The highest BCUT2D eigenvalue weighted by atomic mass is 32.1. The van der Waals surface area contributed by atoms with Crippen molar-refractivity contribution in [3.8, 4) is 0 Å². The third kappa shape index (κ3) is 6.35. The summed E-state index contributed by atoms with van der Waals surface area (Å²) < 4.78 is 0. The maximum absolute atomic E-state index is 12.1. The fourth-order valence-corrected chi connectivity index (χ4v) is 3.00. The first-order valence-electron chi connectivity index (χ1n) is 9.16. The molecule has 1 aromatic carbocycles. The van der Waals surface area contributed by atoms with Crippen molar-refractivity contribution in [1.82, 2.24) is 15.2 Å². The Morgan fingerprint density at radius 2 is 2.00 bits per heavy atom. The number of amides is 2. The van der Waals surface area contributed by atoms with Gasteiger partial charge in [0.2, 0.25) is 11.0 Å². The smallest absolute Gasteiger partial charge is 0.259 e. The first-order valence-corrected chi connectivity index (χ1v) is 10.0. The van der Waals surface area contributed by atoms with Crippen molar-refractivity contribution in [3.05, 3.63) is 59.2 Å². The summed E-state index contributed by atoms with van der Waals surface area (Å²) in [5.41, 5.74) is 3.76. The van der Waals surface area contributed by atoms with E-state index in [1.807, 2.05) is 38.1 Å². The van der Waals surface area contributed by atoms with Gasteiger partial charge in [0.05, 0.1) is 5.56 Å². The van der Waals surface area contributed by atoms with Crippen molar-refractivity contribution < 1.29 is 9.59 Å². The van der Waals surface area contributed by atoms with Crippen LogP contribution in [-0.4, -0.2) is 27.0 Å². The molecule has 2 amide bonds. The second-order valence-electron chi connectivity index (χ2n) is 6.83. The van der Waals surface area contributed by atoms with Crippen LogP contribution in [0.3, 0.4) is 0 Å². The number of carbonyl (C=O) groups excluding carboxylic acids is 2. The zero-order valence-electron chi connectivity index (χ0n) is 16.2. The van der Waals surface area contributed by atoms with E-state index in [9.17, 15) is 9.59 Å². The molecule has 3 rings (SSSR count). The van der Waals surface area contributed by atoms with Crippen LogP contribution in [0.5, 0.6) is 0 Å². The third-order valence-electron chi connectivity index (χ3n) is 3.88. The number of rotatable bonds is 8. The molecule has 0 saturated carbocycles. The number of aromatic nitrogens is 3. The summed E-state index contributed by atoms with van der Waals surface area (Å²) in [6.45, 7) is 4.56. The Hall–Kier alpha value is -3.33. The molecule has 150 valence electrons. The molecule has 3 N–H and O–H groups in total. The van der Waals surface area contributed by atoms with Gasteiger partial charge < -0.3 is 10.6 Å². The van der Waals surface area contributed by atoms with E-state index >= 15 is 0 Å². The molecule has 8 nitrogen and oxygen atoms in total. The van der Waals surface area contributed by atoms with Gasteiger partial charge in [-0.1, -0.05) is 37.3 Å². The SMILES string of the molecule is CC(C)CC(=O)Nc1cccc(CNc2ccc(C(=O)Nc3nncs3)cn2)c1. The summed E-state index contributed by atoms with van der Waals surface area (Å²) in [7, 11) is 0. The highest BCUT2D eigenvalue weighted by Gasteiger charge is 2.09. The highest BCUT2D eigenvalue weighted by molar-refractivity contribution is 7.13. The summed E-state index contributed by atoms with van der Waals surface area (Å²) in [5.74, 6) is 0.681. The second-order valence-corrected chi connectivity index (χ2v) is 7.66. The molecule has 0 saturated heterocycles. The van der Waals surface area contributed by atoms with Crippen LogP contribution in [-0.2, 0) is 11.3 Å². The lowest BCUT2D eigenvalue weighted by Crippen LogP contribution is -2.14. The van der Waals surface area contributed by atoms with Gasteiger partial charge in [0.15, 0.2) is 0 Å². The predicted octanol–water partition coefficient (Wildman–Crippen LogP) is 3.78. The van der Waals surface area contributed by atoms with Crippen LogP contribution in [0.1, 0.15) is 36.2 Å². The summed E-state index contributed by atoms with van der Waals surface area (Å²) in [6.07, 6.45) is 1.99. The van der Waals surface area contributed by atoms with Gasteiger partial charge >= 0.3 is 0 Å². The first-order chi connectivity index (χ1) is 14.0. The van der Waals surface area contributed by atoms with E-state index in [1.165, 1.54) is 17.5 Å². The number of anilines is 3. The first kappa shape index (κ1) is 20.4. The quantitative estimate of drug-likeness (QED) is 0.521. The molecule has 0 atom stereocenters. The van der Waals surface area contributed by atoms with Gasteiger partial charge in [-0.2, -0.15) is 0 Å². The Morgan fingerprint density at radius 3 is 2.69 bits per heavy atom. The zero-order valence-corrected chi connectivity index (χ0v) is 17.0. The normalized spacial score (nSPS) is 10.6. The van der Waals surface area contributed by atoms with E-state index in [0.29, 0.717) is 35.4 Å². The summed E-state index contributed by atoms with van der Waals surface area (Å²) >= 11 is 1.25. The topological polar surface area (TPSA) is 109 Å². The van der Waals surface area contributed by atoms with Crippen LogP contribution < -0.4 is 16.0 Å². The number of nitrogens with zero attached hydrogens (tertiary/aromatic N) is 3. The van der Waals surface area contributed by atoms with E-state index in [-0.39, 0.29) is 11.8 Å². The minimum Gasteiger partial charge on any atom is -0.366 e. The molecule has 3 aromatic rings. The fourth-order valence-electron chi connectivity index (χ4n) is 2.56. The van der Waals surface area contributed by atoms with Crippen molar-refractivity contribution >= 4 is 39.8 Å². The number of hydrogen-bond acceptors (Lipinski definition) is 7. The van der Waals surface area contributed by atoms with Crippen molar-refractivity contribution in [2.24, 2.45) is 5.92 Å². The highest BCUT2D eigenvalue weighted by Crippen LogP contribution is 2.15. The Balaban J connectivity index is 1.54. The van der Waals surface area contributed by atoms with Gasteiger partial charge in [-0.25, -0.2) is 4.98 Å². The molecular formula is C20H22N6O2S. The number of pyridine rings is 1. The number of nitrogens with one attached hydrogen (secondary N) is 3. The molecule has 0 aliphatic heterocycles. The zero-order chi connectivity index (χ0) is 20.6. The van der Waals surface area contributed by atoms with Crippen LogP contribution in [0, 0.1) is 5.92 Å². The van der Waals surface area contributed by atoms with Crippen molar-refractivity contribution in [2.45, 2.75) is 26.8 Å². The second kappa shape index (κ2) is 9.74. The van der Waals surface area contributed by atoms with Crippen molar-refractivity contribution in [1.29, 1.82) is 0 Å². The predicted molar refractivity (Wildman–Crippen MR) is 114 cm³/mol. The minimum atomic E-state index is -0.286. The van der Waals surface area contributed by atoms with Crippen LogP contribution in [0.4, 0.5) is 16.6 Å². The molecule has 9 heteroatoms. The lowest BCUT2D eigenvalue weighted by molar-refractivity contribution is -0.116. The average molecular weight is 411 g/mol. The van der Waals surface area contributed by atoms with Gasteiger partial charge in [-0.15, -0.1) is 10.2 Å². The fraction of sp³-hybridized carbons (Fsp3) is 0.250. The standard InChI is InChI=1S/C20H22N6O2S/c1-13(2)8-18(27)24-16-5-3-4-14(9-16)10-21-17-7-6-15(11-22-17)19(28)25-20-26-23-12-29-20/h3-7,9,11-13H,8,10H2,1-2H3,(H,21,22)(H,24,27)(H,25,26,28). The Morgan fingerprint density at radius 1 is 1.14 bits per heavy atom. The minimum absolute atomic E-state index is 0.00849. The van der Waals surface area contributed by atoms with Crippen LogP contribution >= 0.6 is 11.3 Å². The van der Waals surface area contributed by atoms with Crippen molar-refractivity contribution in [3.63, 3.8) is 0 Å². The number of benzene rings is 1. The summed E-state index contributed by atoms with van der Waals surface area (Å²) in [6, 6.07) is 11.1. The van der Waals surface area contributed by atoms with Gasteiger partial charge in [0.1, 0.15) is 11.3 Å². The van der Waals surface area contributed by atoms with Crippen molar-refractivity contribution in [2.75, 3.05) is 16.0 Å². The average Bonchev–Trinajstić information content (AvgIpc) is 3.19. The molecule has 0 fully saturated rings. The number of carbonyl (C=O) groups is 2. The van der Waals surface area contributed by atoms with E-state index in [1.54, 1.807) is 17.6 Å². The van der Waals surface area contributed by atoms with Gasteiger partial charge in [-0.3, -0.25) is 14.9 Å². The Kier molecular flexibility index (Phi) is 6.85. The Labute approximate surface area is 172 Å². The largest absolute Gasteiger partial charge is 0.366 e. The molecule has 0 aliphatic carbocycles. The molecule has 29 heavy (non-hydrogen) atoms. The molecular weight excluding hydrogens is 388 g/mol. The maximum Gasteiger partial charge on any atom is 0.259 e. The monoisotopic (exact) mass is 410 g/mol. The van der Waals surface area contributed by atoms with Gasteiger partial charge in [0, 0.05) is 24.8 Å². The van der Waals surface area contributed by atoms with Crippen LogP contribution in [0.2, 0.25) is 0 Å². The summed E-state index contributed by atoms with van der Waals surface area (Å²) in [5, 5.41) is 16.7. The molecule has 2 aromatic heterocycles. The van der Waals surface area contributed by atoms with Gasteiger partial charge in [0.25, 0.3) is 5.91 Å². The molecule has 2 heterocycles. The summed E-state index contributed by atoms with van der Waals surface area (Å²) in [4.78, 5) is 28.3. The lowest BCUT2D eigenvalue weighted by Gasteiger charge is -2.10. The lowest BCUT2D eigenvalue weighted by atomic mass is 10.1.